The van der Waals surface area contributed by atoms with E-state index in [-0.39, 0.29) is 28.1 Å². The lowest BCUT2D eigenvalue weighted by molar-refractivity contribution is 0.378. The lowest BCUT2D eigenvalue weighted by Gasteiger charge is -2.21. The number of hydrogen-bond donors (Lipinski definition) is 2. The second-order valence-electron chi connectivity index (χ2n) is 7.87. The van der Waals surface area contributed by atoms with E-state index in [0.717, 1.165) is 0 Å². The molecule has 0 aliphatic rings. The van der Waals surface area contributed by atoms with Crippen molar-refractivity contribution in [2.75, 3.05) is 5.73 Å². The maximum atomic E-state index is 11.3. The van der Waals surface area contributed by atoms with Crippen LogP contribution in [0.2, 0.25) is 0 Å². The van der Waals surface area contributed by atoms with E-state index in [1.54, 1.807) is 23.2 Å². The smallest absolute Gasteiger partial charge is 0.349 e. The van der Waals surface area contributed by atoms with Crippen LogP contribution < -0.4 is 17.0 Å². The Morgan fingerprint density at radius 2 is 1.62 bits per heavy atom. The summed E-state index contributed by atoms with van der Waals surface area (Å²) in [5, 5.41) is 0. The van der Waals surface area contributed by atoms with Crippen molar-refractivity contribution in [2.45, 2.75) is 52.6 Å². The van der Waals surface area contributed by atoms with Crippen molar-refractivity contribution >= 4 is 17.0 Å². The highest BCUT2D eigenvalue weighted by Gasteiger charge is 2.17. The van der Waals surface area contributed by atoms with Gasteiger partial charge in [0.15, 0.2) is 11.2 Å². The van der Waals surface area contributed by atoms with Gasteiger partial charge in [-0.25, -0.2) is 14.8 Å². The van der Waals surface area contributed by atoms with E-state index in [4.69, 9.17) is 5.73 Å². The zero-order valence-corrected chi connectivity index (χ0v) is 15.9. The van der Waals surface area contributed by atoms with Gasteiger partial charge in [-0.1, -0.05) is 0 Å². The quantitative estimate of drug-likeness (QED) is 0.626. The Labute approximate surface area is 150 Å². The molecule has 3 aromatic heterocycles. The van der Waals surface area contributed by atoms with Gasteiger partial charge in [0.1, 0.15) is 5.82 Å². The van der Waals surface area contributed by atoms with Crippen molar-refractivity contribution in [3.63, 3.8) is 0 Å². The summed E-state index contributed by atoms with van der Waals surface area (Å²) in [7, 11) is 0. The second kappa shape index (κ2) is 6.74. The van der Waals surface area contributed by atoms with E-state index >= 15 is 0 Å². The SMILES string of the molecule is CC(C)(C)n1ccc(N)nc1=O.CC(C)(C)n1cnc2c(=O)[nH]cnc21. The molecule has 0 fully saturated rings. The molecule has 26 heavy (non-hydrogen) atoms. The lowest BCUT2D eigenvalue weighted by atomic mass is 10.1. The van der Waals surface area contributed by atoms with Crippen molar-refractivity contribution in [3.05, 3.63) is 45.8 Å². The molecule has 140 valence electrons. The maximum Gasteiger partial charge on any atom is 0.349 e. The van der Waals surface area contributed by atoms with Crippen molar-refractivity contribution in [2.24, 2.45) is 0 Å². The largest absolute Gasteiger partial charge is 0.383 e. The molecule has 0 aliphatic heterocycles. The summed E-state index contributed by atoms with van der Waals surface area (Å²) >= 11 is 0. The number of hydrogen-bond acceptors (Lipinski definition) is 6. The average Bonchev–Trinajstić information content (AvgIpc) is 2.92. The van der Waals surface area contributed by atoms with Gasteiger partial charge >= 0.3 is 5.69 Å². The standard InChI is InChI=1S/C9H12N4O.C8H13N3O/c1-9(2,3)13-5-12-6-7(13)10-4-11-8(6)14;1-8(2,3)11-5-4-6(9)10-7(11)12/h4-5H,1-3H3,(H,10,11,14);4-5H,1-3H3,(H2,9,10,12). The third-order valence-electron chi connectivity index (χ3n) is 3.61. The summed E-state index contributed by atoms with van der Waals surface area (Å²) in [5.74, 6) is 0.264. The number of rotatable bonds is 0. The molecule has 3 aromatic rings. The molecule has 0 amide bonds. The van der Waals surface area contributed by atoms with Crippen LogP contribution in [0.4, 0.5) is 5.82 Å². The Hall–Kier alpha value is -2.97. The number of H-pyrrole nitrogens is 1. The zero-order valence-electron chi connectivity index (χ0n) is 15.9. The fraction of sp³-hybridized carbons (Fsp3) is 0.471. The van der Waals surface area contributed by atoms with Crippen LogP contribution in [0.5, 0.6) is 0 Å². The van der Waals surface area contributed by atoms with Gasteiger partial charge in [-0.3, -0.25) is 9.36 Å². The molecular formula is C17H25N7O2. The molecule has 3 rings (SSSR count). The second-order valence-corrected chi connectivity index (χ2v) is 7.87. The van der Waals surface area contributed by atoms with Crippen LogP contribution in [0.3, 0.4) is 0 Å². The number of imidazole rings is 1. The van der Waals surface area contributed by atoms with Gasteiger partial charge in [0.05, 0.1) is 12.7 Å². The molecule has 9 heteroatoms. The molecule has 0 aliphatic carbocycles. The maximum absolute atomic E-state index is 11.3. The fourth-order valence-electron chi connectivity index (χ4n) is 2.26. The summed E-state index contributed by atoms with van der Waals surface area (Å²) < 4.78 is 3.43. The van der Waals surface area contributed by atoms with E-state index in [0.29, 0.717) is 11.2 Å². The minimum atomic E-state index is -0.303. The predicted molar refractivity (Wildman–Crippen MR) is 101 cm³/mol. The van der Waals surface area contributed by atoms with Crippen LogP contribution >= 0.6 is 0 Å². The summed E-state index contributed by atoms with van der Waals surface area (Å²) in [6.07, 6.45) is 4.70. The molecule has 0 atom stereocenters. The Bertz CT molecular complexity index is 1020. The molecule has 0 spiro atoms. The van der Waals surface area contributed by atoms with Crippen LogP contribution in [0.15, 0.2) is 34.5 Å². The van der Waals surface area contributed by atoms with E-state index in [9.17, 15) is 9.59 Å². The molecule has 3 N–H and O–H groups in total. The van der Waals surface area contributed by atoms with E-state index < -0.39 is 0 Å². The highest BCUT2D eigenvalue weighted by atomic mass is 16.1. The summed E-state index contributed by atoms with van der Waals surface area (Å²) in [5.41, 5.74) is 5.51. The van der Waals surface area contributed by atoms with Gasteiger partial charge < -0.3 is 15.3 Å². The first-order chi connectivity index (χ1) is 11.9. The summed E-state index contributed by atoms with van der Waals surface area (Å²) in [6, 6.07) is 1.62. The Kier molecular flexibility index (Phi) is 5.02. The summed E-state index contributed by atoms with van der Waals surface area (Å²) in [6.45, 7) is 11.9. The topological polar surface area (TPSA) is 124 Å². The molecular weight excluding hydrogens is 334 g/mol. The first-order valence-electron chi connectivity index (χ1n) is 8.18. The first kappa shape index (κ1) is 19.4. The number of nitrogens with one attached hydrogen (secondary N) is 1. The fourth-order valence-corrected chi connectivity index (χ4v) is 2.26. The highest BCUT2D eigenvalue weighted by molar-refractivity contribution is 5.69. The average molecular weight is 359 g/mol. The molecule has 3 heterocycles. The van der Waals surface area contributed by atoms with Crippen LogP contribution in [0, 0.1) is 0 Å². The van der Waals surface area contributed by atoms with Gasteiger partial charge in [0.2, 0.25) is 0 Å². The molecule has 0 saturated heterocycles. The molecule has 0 saturated carbocycles. The number of nitrogens with zero attached hydrogens (tertiary/aromatic N) is 5. The molecule has 0 radical (unpaired) electrons. The molecule has 0 bridgehead atoms. The van der Waals surface area contributed by atoms with Crippen molar-refractivity contribution in [1.82, 2.24) is 29.1 Å². The van der Waals surface area contributed by atoms with E-state index in [1.165, 1.54) is 6.33 Å². The third-order valence-corrected chi connectivity index (χ3v) is 3.61. The lowest BCUT2D eigenvalue weighted by Crippen LogP contribution is -2.35. The number of nitrogen functional groups attached to an aromatic ring is 1. The van der Waals surface area contributed by atoms with Gasteiger partial charge in [-0.2, -0.15) is 4.98 Å². The predicted octanol–water partition coefficient (Wildman–Crippen LogP) is 1.46. The normalized spacial score (nSPS) is 11.9. The van der Waals surface area contributed by atoms with Crippen molar-refractivity contribution in [1.29, 1.82) is 0 Å². The van der Waals surface area contributed by atoms with Gasteiger partial charge in [0.25, 0.3) is 5.56 Å². The molecule has 0 aromatic carbocycles. The van der Waals surface area contributed by atoms with Crippen molar-refractivity contribution in [3.8, 4) is 0 Å². The Morgan fingerprint density at radius 3 is 2.15 bits per heavy atom. The zero-order chi connectivity index (χ0) is 19.7. The molecule has 0 unspecified atom stereocenters. The number of fused-ring (bicyclic) bond motifs is 1. The number of nitrogens with two attached hydrogens (primary N) is 1. The number of anilines is 1. The van der Waals surface area contributed by atoms with Crippen molar-refractivity contribution < 1.29 is 0 Å². The van der Waals surface area contributed by atoms with Crippen LogP contribution in [0.1, 0.15) is 41.5 Å². The summed E-state index contributed by atoms with van der Waals surface area (Å²) in [4.78, 5) is 36.9. The number of aromatic nitrogens is 6. The van der Waals surface area contributed by atoms with Crippen LogP contribution in [-0.2, 0) is 11.1 Å². The van der Waals surface area contributed by atoms with Crippen LogP contribution in [-0.4, -0.2) is 29.1 Å². The van der Waals surface area contributed by atoms with Crippen LogP contribution in [0.25, 0.3) is 11.2 Å². The van der Waals surface area contributed by atoms with E-state index in [1.807, 2.05) is 46.1 Å². The van der Waals surface area contributed by atoms with E-state index in [2.05, 4.69) is 19.9 Å². The Morgan fingerprint density at radius 1 is 1.00 bits per heavy atom. The number of aromatic amines is 1. The highest BCUT2D eigenvalue weighted by Crippen LogP contribution is 2.17. The minimum absolute atomic E-state index is 0.116. The first-order valence-corrected chi connectivity index (χ1v) is 8.18. The third kappa shape index (κ3) is 4.16. The molecule has 9 nitrogen and oxygen atoms in total. The Balaban J connectivity index is 0.000000190. The minimum Gasteiger partial charge on any atom is -0.383 e. The van der Waals surface area contributed by atoms with Gasteiger partial charge in [-0.15, -0.1) is 0 Å². The van der Waals surface area contributed by atoms with Gasteiger partial charge in [0, 0.05) is 17.3 Å². The monoisotopic (exact) mass is 359 g/mol. The van der Waals surface area contributed by atoms with Gasteiger partial charge in [-0.05, 0) is 47.6 Å².